The zero-order chi connectivity index (χ0) is 24.2. The van der Waals surface area contributed by atoms with E-state index in [2.05, 4.69) is 10.1 Å². The Labute approximate surface area is 200 Å². The van der Waals surface area contributed by atoms with E-state index in [9.17, 15) is 9.59 Å². The van der Waals surface area contributed by atoms with Gasteiger partial charge in [-0.2, -0.15) is 4.98 Å². The number of nitrogens with zero attached hydrogens (tertiary/aromatic N) is 2. The second kappa shape index (κ2) is 9.68. The van der Waals surface area contributed by atoms with Crippen LogP contribution in [-0.2, 0) is 11.3 Å². The van der Waals surface area contributed by atoms with Gasteiger partial charge in [-0.3, -0.25) is 4.79 Å². The minimum absolute atomic E-state index is 0.125. The van der Waals surface area contributed by atoms with Gasteiger partial charge >= 0.3 is 5.97 Å². The number of aromatic nitrogens is 2. The Morgan fingerprint density at radius 2 is 1.66 bits per heavy atom. The number of rotatable bonds is 7. The molecule has 35 heavy (non-hydrogen) atoms. The topological polar surface area (TPSA) is 110 Å². The van der Waals surface area contributed by atoms with Crippen molar-refractivity contribution in [3.8, 4) is 28.6 Å². The quantitative estimate of drug-likeness (QED) is 0.290. The fraction of sp³-hybridized carbons (Fsp3) is 0.154. The summed E-state index contributed by atoms with van der Waals surface area (Å²) in [5.41, 5.74) is 1.43. The van der Waals surface area contributed by atoms with Crippen LogP contribution in [0.4, 0.5) is 0 Å². The van der Waals surface area contributed by atoms with Gasteiger partial charge in [0, 0.05) is 16.7 Å². The summed E-state index contributed by atoms with van der Waals surface area (Å²) in [6.45, 7) is 0.620. The van der Waals surface area contributed by atoms with Gasteiger partial charge in [0.2, 0.25) is 5.82 Å². The smallest absolute Gasteiger partial charge is 0.339 e. The molecule has 1 aliphatic rings. The molecule has 9 heteroatoms. The van der Waals surface area contributed by atoms with Gasteiger partial charge in [-0.25, -0.2) is 4.79 Å². The van der Waals surface area contributed by atoms with Gasteiger partial charge in [0.1, 0.15) is 19.0 Å². The van der Waals surface area contributed by atoms with Crippen LogP contribution >= 0.6 is 0 Å². The van der Waals surface area contributed by atoms with Gasteiger partial charge in [-0.1, -0.05) is 23.4 Å². The molecule has 4 aromatic rings. The first-order chi connectivity index (χ1) is 17.1. The number of carbonyl (C=O) groups excluding carboxylic acids is 2. The van der Waals surface area contributed by atoms with Crippen molar-refractivity contribution in [3.05, 3.63) is 89.3 Å². The van der Waals surface area contributed by atoms with Crippen molar-refractivity contribution in [1.29, 1.82) is 0 Å². The molecule has 9 nitrogen and oxygen atoms in total. The van der Waals surface area contributed by atoms with Crippen molar-refractivity contribution >= 4 is 11.8 Å². The summed E-state index contributed by atoms with van der Waals surface area (Å²) in [6, 6.07) is 18.5. The largest absolute Gasteiger partial charge is 0.497 e. The Bertz CT molecular complexity index is 1380. The summed E-state index contributed by atoms with van der Waals surface area (Å²) in [6.07, 6.45) is 0. The zero-order valence-electron chi connectivity index (χ0n) is 18.7. The Balaban J connectivity index is 1.29. The lowest BCUT2D eigenvalue weighted by molar-refractivity contribution is 0.0427. The maximum atomic E-state index is 13.2. The predicted octanol–water partition coefficient (Wildman–Crippen LogP) is 4.10. The van der Waals surface area contributed by atoms with Gasteiger partial charge < -0.3 is 23.5 Å². The summed E-state index contributed by atoms with van der Waals surface area (Å²) in [7, 11) is 1.58. The number of benzene rings is 3. The molecule has 1 aromatic heterocycles. The summed E-state index contributed by atoms with van der Waals surface area (Å²) in [4.78, 5) is 30.3. The molecule has 0 unspecified atom stereocenters. The SMILES string of the molecule is COc1ccc(-c2noc(COC(=O)c3ccccc3C(=O)c3ccc4c(c3)OCCO4)n2)cc1. The lowest BCUT2D eigenvalue weighted by Gasteiger charge is -2.18. The third-order valence-corrected chi connectivity index (χ3v) is 5.34. The van der Waals surface area contributed by atoms with E-state index < -0.39 is 5.97 Å². The summed E-state index contributed by atoms with van der Waals surface area (Å²) >= 11 is 0. The molecule has 3 aromatic carbocycles. The van der Waals surface area contributed by atoms with Crippen molar-refractivity contribution in [3.63, 3.8) is 0 Å². The number of fused-ring (bicyclic) bond motifs is 1. The van der Waals surface area contributed by atoms with Crippen LogP contribution in [0.3, 0.4) is 0 Å². The van der Waals surface area contributed by atoms with Crippen LogP contribution in [0.1, 0.15) is 32.2 Å². The highest BCUT2D eigenvalue weighted by Crippen LogP contribution is 2.32. The molecule has 5 rings (SSSR count). The fourth-order valence-electron chi connectivity index (χ4n) is 3.58. The average Bonchev–Trinajstić information content (AvgIpc) is 3.40. The minimum atomic E-state index is -0.685. The molecule has 0 N–H and O–H groups in total. The van der Waals surface area contributed by atoms with E-state index in [1.54, 1.807) is 67.8 Å². The van der Waals surface area contributed by atoms with E-state index >= 15 is 0 Å². The average molecular weight is 472 g/mol. The summed E-state index contributed by atoms with van der Waals surface area (Å²) in [5.74, 6) is 1.23. The summed E-state index contributed by atoms with van der Waals surface area (Å²) < 4.78 is 26.8. The number of ether oxygens (including phenoxy) is 4. The maximum Gasteiger partial charge on any atom is 0.339 e. The molecule has 0 atom stereocenters. The molecule has 0 bridgehead atoms. The molecule has 176 valence electrons. The molecule has 2 heterocycles. The Morgan fingerprint density at radius 1 is 0.914 bits per heavy atom. The first-order valence-corrected chi connectivity index (χ1v) is 10.8. The molecular formula is C26H20N2O7. The normalized spacial score (nSPS) is 12.1. The van der Waals surface area contributed by atoms with Gasteiger partial charge in [0.15, 0.2) is 23.9 Å². The highest BCUT2D eigenvalue weighted by molar-refractivity contribution is 6.14. The van der Waals surface area contributed by atoms with E-state index in [0.717, 1.165) is 5.56 Å². The molecule has 0 saturated heterocycles. The van der Waals surface area contributed by atoms with Crippen molar-refractivity contribution in [2.24, 2.45) is 0 Å². The number of ketones is 1. The Morgan fingerprint density at radius 3 is 2.43 bits per heavy atom. The van der Waals surface area contributed by atoms with Crippen LogP contribution < -0.4 is 14.2 Å². The molecule has 0 radical (unpaired) electrons. The minimum Gasteiger partial charge on any atom is -0.497 e. The van der Waals surface area contributed by atoms with Gasteiger partial charge in [0.25, 0.3) is 5.89 Å². The van der Waals surface area contributed by atoms with E-state index in [1.807, 2.05) is 0 Å². The first-order valence-electron chi connectivity index (χ1n) is 10.8. The van der Waals surface area contributed by atoms with Crippen molar-refractivity contribution in [2.75, 3.05) is 20.3 Å². The predicted molar refractivity (Wildman–Crippen MR) is 123 cm³/mol. The Kier molecular flexibility index (Phi) is 6.13. The van der Waals surface area contributed by atoms with Crippen molar-refractivity contribution < 1.29 is 33.1 Å². The number of hydrogen-bond donors (Lipinski definition) is 0. The van der Waals surface area contributed by atoms with Gasteiger partial charge in [-0.05, 0) is 48.5 Å². The summed E-state index contributed by atoms with van der Waals surface area (Å²) in [5, 5.41) is 3.92. The van der Waals surface area contributed by atoms with Crippen LogP contribution in [0.5, 0.6) is 17.2 Å². The highest BCUT2D eigenvalue weighted by atomic mass is 16.6. The monoisotopic (exact) mass is 472 g/mol. The van der Waals surface area contributed by atoms with Crippen LogP contribution in [0.2, 0.25) is 0 Å². The van der Waals surface area contributed by atoms with Crippen LogP contribution in [0.25, 0.3) is 11.4 Å². The van der Waals surface area contributed by atoms with Crippen molar-refractivity contribution in [2.45, 2.75) is 6.61 Å². The van der Waals surface area contributed by atoms with Gasteiger partial charge in [0.05, 0.1) is 12.7 Å². The lowest BCUT2D eigenvalue weighted by atomic mass is 9.98. The molecule has 0 saturated carbocycles. The highest BCUT2D eigenvalue weighted by Gasteiger charge is 2.22. The standard InChI is InChI=1S/C26H20N2O7/c1-31-18-9-6-16(7-10-18)25-27-23(35-28-25)15-34-26(30)20-5-3-2-4-19(20)24(29)17-8-11-21-22(14-17)33-13-12-32-21/h2-11,14H,12-13,15H2,1H3. The fourth-order valence-corrected chi connectivity index (χ4v) is 3.58. The van der Waals surface area contributed by atoms with E-state index in [-0.39, 0.29) is 29.4 Å². The second-order valence-corrected chi connectivity index (χ2v) is 7.55. The molecule has 0 fully saturated rings. The number of hydrogen-bond acceptors (Lipinski definition) is 9. The van der Waals surface area contributed by atoms with E-state index in [1.165, 1.54) is 6.07 Å². The number of esters is 1. The van der Waals surface area contributed by atoms with Gasteiger partial charge in [-0.15, -0.1) is 0 Å². The molecule has 0 spiro atoms. The molecule has 0 aliphatic carbocycles. The maximum absolute atomic E-state index is 13.2. The number of carbonyl (C=O) groups is 2. The first kappa shape index (κ1) is 22.1. The van der Waals surface area contributed by atoms with Crippen LogP contribution in [-0.4, -0.2) is 42.2 Å². The molecule has 1 aliphatic heterocycles. The zero-order valence-corrected chi connectivity index (χ0v) is 18.7. The molecule has 0 amide bonds. The van der Waals surface area contributed by atoms with Crippen molar-refractivity contribution in [1.82, 2.24) is 10.1 Å². The Hall–Kier alpha value is -4.66. The third-order valence-electron chi connectivity index (χ3n) is 5.34. The van der Waals surface area contributed by atoms with Crippen LogP contribution in [0, 0.1) is 0 Å². The third kappa shape index (κ3) is 4.70. The number of methoxy groups -OCH3 is 1. The van der Waals surface area contributed by atoms with Crippen LogP contribution in [0.15, 0.2) is 71.3 Å². The lowest BCUT2D eigenvalue weighted by Crippen LogP contribution is -2.16. The second-order valence-electron chi connectivity index (χ2n) is 7.55. The molecular weight excluding hydrogens is 452 g/mol. The van der Waals surface area contributed by atoms with E-state index in [0.29, 0.717) is 41.9 Å². The van der Waals surface area contributed by atoms with E-state index in [4.69, 9.17) is 23.5 Å².